The molecule has 2 nitrogen and oxygen atoms in total. The zero-order chi connectivity index (χ0) is 34.1. The summed E-state index contributed by atoms with van der Waals surface area (Å²) in [5.74, 6) is 6.69. The minimum absolute atomic E-state index is 0.187. The van der Waals surface area contributed by atoms with E-state index >= 15 is 0 Å². The predicted octanol–water partition coefficient (Wildman–Crippen LogP) is 9.63. The Morgan fingerprint density at radius 3 is 0.854 bits per heavy atom. The highest BCUT2D eigenvalue weighted by molar-refractivity contribution is 8.31. The second-order valence-electron chi connectivity index (χ2n) is 25.1. The first kappa shape index (κ1) is 34.2. The van der Waals surface area contributed by atoms with Crippen molar-refractivity contribution in [3.63, 3.8) is 0 Å². The maximum absolute atomic E-state index is 3.84. The van der Waals surface area contributed by atoms with Crippen LogP contribution in [0.25, 0.3) is 0 Å². The van der Waals surface area contributed by atoms with Gasteiger partial charge >= 0.3 is 0 Å². The van der Waals surface area contributed by atoms with Crippen LogP contribution < -0.4 is 0 Å². The summed E-state index contributed by atoms with van der Waals surface area (Å²) in [6.07, 6.45) is 23.3. The summed E-state index contributed by atoms with van der Waals surface area (Å²) in [4.78, 5) is 0. The van der Waals surface area contributed by atoms with Gasteiger partial charge in [-0.3, -0.25) is 0 Å². The van der Waals surface area contributed by atoms with E-state index in [1.165, 1.54) is 0 Å². The number of hydrogen-bond donors (Lipinski definition) is 0. The van der Waals surface area contributed by atoms with E-state index in [0.29, 0.717) is 11.1 Å². The van der Waals surface area contributed by atoms with Gasteiger partial charge in [-0.15, -0.1) is 0 Å². The molecule has 4 aliphatic heterocycles. The third kappa shape index (κ3) is 3.60. The van der Waals surface area contributed by atoms with Crippen molar-refractivity contribution in [1.29, 1.82) is 0 Å². The van der Waals surface area contributed by atoms with Gasteiger partial charge in [0.25, 0.3) is 0 Å². The Morgan fingerprint density at radius 1 is 0.417 bits per heavy atom. The average Bonchev–Trinajstić information content (AvgIpc) is 3.63. The molecule has 4 heterocycles. The van der Waals surface area contributed by atoms with Gasteiger partial charge in [-0.1, -0.05) is 78.6 Å². The van der Waals surface area contributed by atoms with Gasteiger partial charge in [0.15, 0.2) is 0 Å². The second-order valence-corrected chi connectivity index (χ2v) is 86.3. The highest BCUT2D eigenvalue weighted by atomic mass is 30.5. The van der Waals surface area contributed by atoms with Crippen LogP contribution in [0.2, 0.25) is 87.1 Å². The molecule has 2 spiro atoms. The highest BCUT2D eigenvalue weighted by Crippen LogP contribution is 2.81. The fourth-order valence-electron chi connectivity index (χ4n) is 20.0. The van der Waals surface area contributed by atoms with E-state index in [1.54, 1.807) is 103 Å². The number of rotatable bonds is 6. The molecule has 0 amide bonds. The fraction of sp³-hybridized carbons (Fsp3) is 1.00. The first-order valence-corrected chi connectivity index (χ1v) is 47.3. The molecule has 0 N–H and O–H groups in total. The molecule has 2 saturated heterocycles. The number of nitrogens with zero attached hydrogens (tertiary/aromatic N) is 2. The van der Waals surface area contributed by atoms with Gasteiger partial charge < -0.3 is 9.13 Å². The summed E-state index contributed by atoms with van der Waals surface area (Å²) in [5.41, 5.74) is 1.40. The van der Waals surface area contributed by atoms with Crippen molar-refractivity contribution < 1.29 is 0 Å². The molecule has 10 heteroatoms. The molecule has 0 aromatic carbocycles. The lowest BCUT2D eigenvalue weighted by Crippen LogP contribution is -2.89. The van der Waals surface area contributed by atoms with Crippen LogP contribution in [0.15, 0.2) is 0 Å². The molecular weight excluding hydrogens is 709 g/mol. The monoisotopic (exact) mass is 782 g/mol. The molecule has 268 valence electrons. The smallest absolute Gasteiger partial charge is 0.131 e. The molecule has 0 aromatic heterocycles. The molecule has 0 aromatic rings. The van der Waals surface area contributed by atoms with Gasteiger partial charge in [0.05, 0.1) is 0 Å². The van der Waals surface area contributed by atoms with Crippen molar-refractivity contribution in [3.8, 4) is 0 Å². The molecule has 0 radical (unpaired) electrons. The lowest BCUT2D eigenvalue weighted by atomic mass is 9.53. The van der Waals surface area contributed by atoms with Crippen LogP contribution in [0.4, 0.5) is 0 Å². The van der Waals surface area contributed by atoms with Crippen LogP contribution in [0, 0.1) is 35.5 Å². The zero-order valence-corrected chi connectivity index (χ0v) is 41.7. The van der Waals surface area contributed by atoms with Crippen LogP contribution in [0.3, 0.4) is 0 Å². The van der Waals surface area contributed by atoms with Gasteiger partial charge in [0, 0.05) is 57.2 Å². The van der Waals surface area contributed by atoms with Crippen molar-refractivity contribution in [3.05, 3.63) is 0 Å². The normalized spacial score (nSPS) is 46.0. The van der Waals surface area contributed by atoms with Gasteiger partial charge in [-0.05, 0) is 147 Å². The quantitative estimate of drug-likeness (QED) is 0.248. The molecule has 0 unspecified atom stereocenters. The van der Waals surface area contributed by atoms with E-state index in [-0.39, 0.29) is 13.9 Å². The van der Waals surface area contributed by atoms with Crippen LogP contribution in [0.5, 0.6) is 0 Å². The van der Waals surface area contributed by atoms with Crippen molar-refractivity contribution in [1.82, 2.24) is 9.13 Å². The number of hydrogen-bond acceptors (Lipinski definition) is 2. The Labute approximate surface area is 304 Å². The van der Waals surface area contributed by atoms with Crippen LogP contribution in [-0.4, -0.2) is 94.0 Å². The fourth-order valence-corrected chi connectivity index (χ4v) is 250. The first-order chi connectivity index (χ1) is 22.1. The topological polar surface area (TPSA) is 6.48 Å². The van der Waals surface area contributed by atoms with Crippen LogP contribution in [0.1, 0.15) is 89.9 Å². The SMILES string of the molecule is C[Si](C)(C)C1([Si](C)(C)C)CCN(C23CC4CC(CC(C4)C2)C3)[Si]12[Si]1=[Si]2[Si]12N(C13CC4CC(CC(C4)C1)C3)CCC2([Si](C)(C)C)[Si](C)(C)C. The third-order valence-electron chi connectivity index (χ3n) is 19.3. The van der Waals surface area contributed by atoms with Crippen LogP contribution in [-0.2, 0) is 0 Å². The molecule has 8 aliphatic carbocycles. The van der Waals surface area contributed by atoms with E-state index in [1.807, 2.05) is 0 Å². The maximum Gasteiger partial charge on any atom is 0.131 e. The summed E-state index contributed by atoms with van der Waals surface area (Å²) in [6, 6.07) is 0. The van der Waals surface area contributed by atoms with Crippen molar-refractivity contribution in [2.75, 3.05) is 13.1 Å². The zero-order valence-electron chi connectivity index (χ0n) is 33.7. The van der Waals surface area contributed by atoms with E-state index in [2.05, 4.69) is 87.7 Å². The van der Waals surface area contributed by atoms with E-state index in [4.69, 9.17) is 0 Å². The van der Waals surface area contributed by atoms with E-state index < -0.39 is 46.8 Å². The summed E-state index contributed by atoms with van der Waals surface area (Å²) in [6.45, 7) is 38.6. The molecule has 12 aliphatic rings. The molecule has 12 rings (SSSR count). The Hall–Kier alpha value is 1.66. The van der Waals surface area contributed by atoms with Gasteiger partial charge in [0.2, 0.25) is 0 Å². The van der Waals surface area contributed by atoms with Crippen molar-refractivity contribution in [2.45, 2.75) is 188 Å². The maximum atomic E-state index is 3.84. The molecule has 8 saturated carbocycles. The van der Waals surface area contributed by atoms with Crippen LogP contribution >= 0.6 is 0 Å². The molecule has 0 atom stereocenters. The highest BCUT2D eigenvalue weighted by Gasteiger charge is 3.01. The van der Waals surface area contributed by atoms with Crippen molar-refractivity contribution >= 4 is 60.7 Å². The lowest BCUT2D eigenvalue weighted by molar-refractivity contribution is -0.0572. The summed E-state index contributed by atoms with van der Waals surface area (Å²) < 4.78 is 9.52. The Kier molecular flexibility index (Phi) is 6.79. The Morgan fingerprint density at radius 2 is 0.646 bits per heavy atom. The van der Waals surface area contributed by atoms with Crippen molar-refractivity contribution in [2.24, 2.45) is 35.5 Å². The van der Waals surface area contributed by atoms with Gasteiger partial charge in [-0.2, -0.15) is 0 Å². The molecule has 8 bridgehead atoms. The standard InChI is InChI=1S/C38H74N2Si8/c1-43(2,3)37(44(4,5)6)13-15-39(35-23-29-17-30(24-35)19-31(18-29)25-35)47(37)41-42(47)48(41)38(45(7,8)9,46(10,11)12)14-16-40(48)36-26-32-20-33(27-36)22-34(21-32)28-36/h29-34H,13-28H2,1-12H3. The molecule has 10 fully saturated rings. The molecular formula is C38H74N2Si8. The molecule has 48 heavy (non-hydrogen) atoms. The summed E-state index contributed by atoms with van der Waals surface area (Å²) >= 11 is 0. The Balaban J connectivity index is 1.18. The minimum atomic E-state index is -1.48. The third-order valence-corrected chi connectivity index (χ3v) is 134. The number of fused-ring (bicyclic) bond motifs is 4. The average molecular weight is 784 g/mol. The summed E-state index contributed by atoms with van der Waals surface area (Å²) in [7, 11) is -8.51. The largest absolute Gasteiger partial charge is 0.318 e. The van der Waals surface area contributed by atoms with E-state index in [9.17, 15) is 0 Å². The lowest BCUT2D eigenvalue weighted by Gasteiger charge is -2.71. The van der Waals surface area contributed by atoms with Gasteiger partial charge in [-0.25, -0.2) is 0 Å². The first-order valence-electron chi connectivity index (χ1n) is 21.5. The van der Waals surface area contributed by atoms with Gasteiger partial charge in [0.1, 0.15) is 14.5 Å². The van der Waals surface area contributed by atoms with E-state index in [0.717, 1.165) is 44.1 Å². The summed E-state index contributed by atoms with van der Waals surface area (Å²) in [5, 5.41) is 0. The predicted molar refractivity (Wildman–Crippen MR) is 226 cm³/mol. The second kappa shape index (κ2) is 9.53. The Bertz CT molecular complexity index is 1270. The minimum Gasteiger partial charge on any atom is -0.318 e.